The summed E-state index contributed by atoms with van der Waals surface area (Å²) in [6.45, 7) is 2.05. The highest BCUT2D eigenvalue weighted by Gasteiger charge is 2.35. The molecule has 7 nitrogen and oxygen atoms in total. The molecule has 1 heterocycles. The molecule has 0 saturated carbocycles. The number of benzene rings is 3. The molecule has 0 aliphatic carbocycles. The average molecular weight is 534 g/mol. The first-order valence-corrected chi connectivity index (χ1v) is 11.9. The van der Waals surface area contributed by atoms with Gasteiger partial charge in [-0.25, -0.2) is 9.69 Å². The Balaban J connectivity index is 1.36. The van der Waals surface area contributed by atoms with E-state index in [1.807, 2.05) is 49.4 Å². The number of ether oxygens (including phenoxy) is 1. The van der Waals surface area contributed by atoms with Crippen molar-refractivity contribution in [1.29, 1.82) is 0 Å². The second kappa shape index (κ2) is 11.0. The van der Waals surface area contributed by atoms with Crippen LogP contribution < -0.4 is 15.4 Å². The Morgan fingerprint density at radius 1 is 1.03 bits per heavy atom. The number of carbonyl (C=O) groups is 3. The van der Waals surface area contributed by atoms with E-state index in [2.05, 4.69) is 26.6 Å². The molecular formula is C27H24BrN3O4. The fraction of sp³-hybridized carbons (Fsp3) is 0.148. The number of amides is 4. The summed E-state index contributed by atoms with van der Waals surface area (Å²) in [6, 6.07) is 21.8. The van der Waals surface area contributed by atoms with Crippen LogP contribution in [-0.4, -0.2) is 29.3 Å². The van der Waals surface area contributed by atoms with Gasteiger partial charge in [0.2, 0.25) is 5.91 Å². The van der Waals surface area contributed by atoms with Crippen LogP contribution in [0.4, 0.5) is 10.5 Å². The van der Waals surface area contributed by atoms with E-state index >= 15 is 0 Å². The molecule has 1 aliphatic rings. The summed E-state index contributed by atoms with van der Waals surface area (Å²) < 4.78 is 6.80. The Hall–Kier alpha value is -3.91. The van der Waals surface area contributed by atoms with Gasteiger partial charge in [0.15, 0.2) is 0 Å². The Morgan fingerprint density at radius 2 is 1.74 bits per heavy atom. The number of nitrogens with one attached hydrogen (secondary N) is 2. The van der Waals surface area contributed by atoms with Gasteiger partial charge in [0.1, 0.15) is 24.6 Å². The normalized spacial score (nSPS) is 14.2. The van der Waals surface area contributed by atoms with E-state index in [4.69, 9.17) is 4.74 Å². The summed E-state index contributed by atoms with van der Waals surface area (Å²) in [5.74, 6) is -0.310. The van der Waals surface area contributed by atoms with E-state index in [0.29, 0.717) is 23.6 Å². The number of imide groups is 1. The lowest BCUT2D eigenvalue weighted by atomic mass is 10.1. The van der Waals surface area contributed by atoms with Gasteiger partial charge in [-0.1, -0.05) is 65.3 Å². The predicted molar refractivity (Wildman–Crippen MR) is 138 cm³/mol. The molecule has 0 radical (unpaired) electrons. The van der Waals surface area contributed by atoms with Crippen LogP contribution in [0.3, 0.4) is 0 Å². The second-order valence-electron chi connectivity index (χ2n) is 7.92. The van der Waals surface area contributed by atoms with Crippen LogP contribution in [0.1, 0.15) is 23.6 Å². The standard InChI is InChI=1S/C27H24BrN3O4/c1-2-20-5-3-4-6-23(20)29-25(32)16-31-26(33)24(30-27(31)34)15-18-9-13-22(14-10-18)35-17-19-7-11-21(28)12-8-19/h3-15H,2,16-17H2,1H3,(H,29,32)(H,30,34)/b24-15+. The fourth-order valence-electron chi connectivity index (χ4n) is 3.57. The molecule has 2 N–H and O–H groups in total. The van der Waals surface area contributed by atoms with Crippen molar-refractivity contribution in [2.24, 2.45) is 0 Å². The monoisotopic (exact) mass is 533 g/mol. The molecule has 3 aromatic carbocycles. The lowest BCUT2D eigenvalue weighted by Crippen LogP contribution is -2.38. The van der Waals surface area contributed by atoms with Gasteiger partial charge in [-0.3, -0.25) is 9.59 Å². The highest BCUT2D eigenvalue weighted by molar-refractivity contribution is 9.10. The van der Waals surface area contributed by atoms with Crippen molar-refractivity contribution in [3.63, 3.8) is 0 Å². The summed E-state index contributed by atoms with van der Waals surface area (Å²) in [5, 5.41) is 5.32. The maximum Gasteiger partial charge on any atom is 0.329 e. The topological polar surface area (TPSA) is 87.7 Å². The van der Waals surface area contributed by atoms with E-state index in [9.17, 15) is 14.4 Å². The van der Waals surface area contributed by atoms with E-state index in [1.165, 1.54) is 0 Å². The van der Waals surface area contributed by atoms with Crippen molar-refractivity contribution >= 4 is 45.5 Å². The second-order valence-corrected chi connectivity index (χ2v) is 8.84. The largest absolute Gasteiger partial charge is 0.489 e. The molecule has 1 fully saturated rings. The molecule has 8 heteroatoms. The van der Waals surface area contributed by atoms with Crippen molar-refractivity contribution in [3.05, 3.63) is 99.7 Å². The number of carbonyl (C=O) groups excluding carboxylic acids is 3. The van der Waals surface area contributed by atoms with Crippen LogP contribution in [0.25, 0.3) is 6.08 Å². The number of hydrogen-bond donors (Lipinski definition) is 2. The number of urea groups is 1. The van der Waals surface area contributed by atoms with E-state index < -0.39 is 17.8 Å². The first-order chi connectivity index (χ1) is 16.9. The van der Waals surface area contributed by atoms with Gasteiger partial charge in [0.25, 0.3) is 5.91 Å². The highest BCUT2D eigenvalue weighted by atomic mass is 79.9. The highest BCUT2D eigenvalue weighted by Crippen LogP contribution is 2.20. The summed E-state index contributed by atoms with van der Waals surface area (Å²) in [7, 11) is 0. The van der Waals surface area contributed by atoms with Crippen LogP contribution >= 0.6 is 15.9 Å². The first-order valence-electron chi connectivity index (χ1n) is 11.1. The lowest BCUT2D eigenvalue weighted by Gasteiger charge is -2.13. The lowest BCUT2D eigenvalue weighted by molar-refractivity contribution is -0.127. The zero-order chi connectivity index (χ0) is 24.8. The minimum absolute atomic E-state index is 0.111. The van der Waals surface area contributed by atoms with E-state index in [0.717, 1.165) is 26.9 Å². The van der Waals surface area contributed by atoms with E-state index in [-0.39, 0.29) is 12.2 Å². The smallest absolute Gasteiger partial charge is 0.329 e. The van der Waals surface area contributed by atoms with Crippen molar-refractivity contribution < 1.29 is 19.1 Å². The minimum Gasteiger partial charge on any atom is -0.489 e. The van der Waals surface area contributed by atoms with Gasteiger partial charge >= 0.3 is 6.03 Å². The van der Waals surface area contributed by atoms with Crippen LogP contribution in [0.15, 0.2) is 83.0 Å². The Kier molecular flexibility index (Phi) is 7.62. The maximum absolute atomic E-state index is 12.7. The third kappa shape index (κ3) is 6.16. The number of rotatable bonds is 8. The van der Waals surface area contributed by atoms with Gasteiger partial charge in [-0.2, -0.15) is 0 Å². The van der Waals surface area contributed by atoms with Gasteiger partial charge in [0, 0.05) is 10.2 Å². The fourth-order valence-corrected chi connectivity index (χ4v) is 3.84. The van der Waals surface area contributed by atoms with Crippen molar-refractivity contribution in [1.82, 2.24) is 10.2 Å². The summed E-state index contributed by atoms with van der Waals surface area (Å²) in [5.41, 5.74) is 3.52. The van der Waals surface area contributed by atoms with Crippen molar-refractivity contribution in [2.75, 3.05) is 11.9 Å². The van der Waals surface area contributed by atoms with Gasteiger partial charge in [-0.15, -0.1) is 0 Å². The van der Waals surface area contributed by atoms with Gasteiger partial charge in [-0.05, 0) is 59.5 Å². The summed E-state index contributed by atoms with van der Waals surface area (Å²) in [6.07, 6.45) is 2.32. The number of para-hydroxylation sites is 1. The molecule has 4 rings (SSSR count). The minimum atomic E-state index is -0.630. The number of nitrogens with zero attached hydrogens (tertiary/aromatic N) is 1. The number of halogens is 1. The molecule has 1 saturated heterocycles. The molecule has 3 aromatic rings. The summed E-state index contributed by atoms with van der Waals surface area (Å²) >= 11 is 3.41. The molecule has 0 unspecified atom stereocenters. The molecular weight excluding hydrogens is 510 g/mol. The number of anilines is 1. The Labute approximate surface area is 211 Å². The molecule has 0 spiro atoms. The number of hydrogen-bond acceptors (Lipinski definition) is 4. The Morgan fingerprint density at radius 3 is 2.46 bits per heavy atom. The third-order valence-electron chi connectivity index (χ3n) is 5.45. The SMILES string of the molecule is CCc1ccccc1NC(=O)CN1C(=O)N/C(=C/c2ccc(OCc3ccc(Br)cc3)cc2)C1=O. The van der Waals surface area contributed by atoms with Crippen LogP contribution in [0.5, 0.6) is 5.75 Å². The molecule has 1 aliphatic heterocycles. The van der Waals surface area contributed by atoms with Crippen LogP contribution in [-0.2, 0) is 22.6 Å². The maximum atomic E-state index is 12.7. The van der Waals surface area contributed by atoms with Crippen LogP contribution in [0.2, 0.25) is 0 Å². The molecule has 0 aromatic heterocycles. The zero-order valence-electron chi connectivity index (χ0n) is 19.1. The molecule has 4 amide bonds. The van der Waals surface area contributed by atoms with Crippen molar-refractivity contribution in [3.8, 4) is 5.75 Å². The van der Waals surface area contributed by atoms with Crippen LogP contribution in [0, 0.1) is 0 Å². The van der Waals surface area contributed by atoms with E-state index in [1.54, 1.807) is 36.4 Å². The first kappa shape index (κ1) is 24.2. The zero-order valence-corrected chi connectivity index (χ0v) is 20.7. The van der Waals surface area contributed by atoms with Gasteiger partial charge in [0.05, 0.1) is 0 Å². The summed E-state index contributed by atoms with van der Waals surface area (Å²) in [4.78, 5) is 38.5. The quantitative estimate of drug-likeness (QED) is 0.310. The average Bonchev–Trinajstić information content (AvgIpc) is 3.12. The van der Waals surface area contributed by atoms with Crippen molar-refractivity contribution in [2.45, 2.75) is 20.0 Å². The third-order valence-corrected chi connectivity index (χ3v) is 5.97. The molecule has 0 atom stereocenters. The number of aryl methyl sites for hydroxylation is 1. The van der Waals surface area contributed by atoms with Gasteiger partial charge < -0.3 is 15.4 Å². The predicted octanol–water partition coefficient (Wildman–Crippen LogP) is 5.12. The molecule has 35 heavy (non-hydrogen) atoms. The Bertz CT molecular complexity index is 1270. The molecule has 0 bridgehead atoms. The molecule has 178 valence electrons.